The van der Waals surface area contributed by atoms with Crippen LogP contribution in [0.3, 0.4) is 0 Å². The first-order valence-electron chi connectivity index (χ1n) is 16.2. The first-order chi connectivity index (χ1) is 22.6. The van der Waals surface area contributed by atoms with Crippen molar-refractivity contribution in [1.82, 2.24) is 4.72 Å². The highest BCUT2D eigenvalue weighted by Gasteiger charge is 2.39. The van der Waals surface area contributed by atoms with E-state index in [2.05, 4.69) is 158 Å². The zero-order chi connectivity index (χ0) is 32.8. The molecule has 1 aliphatic heterocycles. The highest BCUT2D eigenvalue weighted by atomic mass is 32.2. The largest absolute Gasteiger partial charge is 0.456 e. The molecular weight excluding hydrogens is 614 g/mol. The molecule has 0 aromatic heterocycles. The van der Waals surface area contributed by atoms with Crippen LogP contribution in [0.5, 0.6) is 11.5 Å². The van der Waals surface area contributed by atoms with E-state index in [0.717, 1.165) is 39.0 Å². The Hall–Kier alpha value is -4.08. The van der Waals surface area contributed by atoms with Crippen LogP contribution in [0.4, 0.5) is 0 Å². The summed E-state index contributed by atoms with van der Waals surface area (Å²) in [5.74, 6) is 1.76. The number of hydrogen-bond donors (Lipinski definition) is 1. The summed E-state index contributed by atoms with van der Waals surface area (Å²) in [6, 6.07) is 49.1. The van der Waals surface area contributed by atoms with E-state index >= 15 is 0 Å². The van der Waals surface area contributed by atoms with E-state index in [4.69, 9.17) is 4.74 Å². The van der Waals surface area contributed by atoms with Gasteiger partial charge in [0.2, 0.25) is 0 Å². The van der Waals surface area contributed by atoms with Crippen LogP contribution in [0.1, 0.15) is 62.9 Å². The van der Waals surface area contributed by atoms with Crippen LogP contribution in [0.25, 0.3) is 10.8 Å². The molecule has 0 spiro atoms. The normalized spacial score (nSPS) is 15.0. The third-order valence-corrected chi connectivity index (χ3v) is 13.1. The predicted octanol–water partition coefficient (Wildman–Crippen LogP) is 9.17. The van der Waals surface area contributed by atoms with Crippen molar-refractivity contribution in [3.8, 4) is 11.5 Å². The fourth-order valence-electron chi connectivity index (χ4n) is 6.60. The quantitative estimate of drug-likeness (QED) is 0.175. The van der Waals surface area contributed by atoms with E-state index < -0.39 is 23.7 Å². The number of hydrogen-bond acceptors (Lipinski definition) is 2. The lowest BCUT2D eigenvalue weighted by Crippen LogP contribution is -2.37. The molecule has 0 fully saturated rings. The van der Waals surface area contributed by atoms with Crippen LogP contribution < -0.4 is 25.4 Å². The molecule has 2 atom stereocenters. The Morgan fingerprint density at radius 1 is 0.638 bits per heavy atom. The second-order valence-corrected chi connectivity index (χ2v) is 17.8. The Kier molecular flexibility index (Phi) is 8.39. The van der Waals surface area contributed by atoms with Gasteiger partial charge in [-0.05, 0) is 55.6 Å². The van der Waals surface area contributed by atoms with Crippen LogP contribution in [-0.2, 0) is 16.4 Å². The first-order valence-corrected chi connectivity index (χ1v) is 18.6. The Labute approximate surface area is 282 Å². The molecule has 3 nitrogen and oxygen atoms in total. The lowest BCUT2D eigenvalue weighted by molar-refractivity contribution is 0.413. The van der Waals surface area contributed by atoms with Gasteiger partial charge in [-0.25, -0.2) is 8.93 Å². The minimum atomic E-state index is -1.34. The molecule has 0 radical (unpaired) electrons. The Morgan fingerprint density at radius 2 is 1.17 bits per heavy atom. The van der Waals surface area contributed by atoms with Crippen molar-refractivity contribution in [3.63, 3.8) is 0 Å². The van der Waals surface area contributed by atoms with Gasteiger partial charge in [0, 0.05) is 27.4 Å². The summed E-state index contributed by atoms with van der Waals surface area (Å²) < 4.78 is 24.2. The number of rotatable bonds is 7. The van der Waals surface area contributed by atoms with Gasteiger partial charge in [0.1, 0.15) is 11.5 Å². The molecule has 236 valence electrons. The number of ether oxygens (including phenoxy) is 1. The Bertz CT molecular complexity index is 2040. The molecule has 0 bridgehead atoms. The second-order valence-electron chi connectivity index (χ2n) is 13.6. The lowest BCUT2D eigenvalue weighted by atomic mass is 9.74. The summed E-state index contributed by atoms with van der Waals surface area (Å²) in [5.41, 5.74) is 4.01. The molecule has 1 N–H and O–H groups in total. The van der Waals surface area contributed by atoms with Gasteiger partial charge in [-0.1, -0.05) is 153 Å². The average Bonchev–Trinajstić information content (AvgIpc) is 3.08. The van der Waals surface area contributed by atoms with Crippen LogP contribution in [0.15, 0.2) is 140 Å². The molecule has 1 unspecified atom stereocenters. The SMILES string of the molecule is CC1(C)c2cccc([C@@H](NS(=O)C(C)(C)C)c3cccc4ccccc34)c2Oc2c(P(c3ccccc3)c3ccccc3)cccc21. The smallest absolute Gasteiger partial charge is 0.139 e. The zero-order valence-electron chi connectivity index (χ0n) is 27.5. The molecule has 6 aromatic rings. The Morgan fingerprint density at radius 3 is 1.83 bits per heavy atom. The predicted molar refractivity (Wildman–Crippen MR) is 201 cm³/mol. The molecule has 0 amide bonds. The number of para-hydroxylation sites is 2. The molecule has 7 rings (SSSR count). The van der Waals surface area contributed by atoms with Gasteiger partial charge in [-0.15, -0.1) is 0 Å². The molecule has 5 heteroatoms. The average molecular weight is 654 g/mol. The van der Waals surface area contributed by atoms with E-state index in [1.165, 1.54) is 21.5 Å². The van der Waals surface area contributed by atoms with Gasteiger partial charge in [-0.3, -0.25) is 0 Å². The van der Waals surface area contributed by atoms with Crippen molar-refractivity contribution in [3.05, 3.63) is 162 Å². The maximum atomic E-state index is 13.9. The fraction of sp³-hybridized carbons (Fsp3) is 0.190. The summed E-state index contributed by atoms with van der Waals surface area (Å²) >= 11 is 0. The zero-order valence-corrected chi connectivity index (χ0v) is 29.2. The minimum Gasteiger partial charge on any atom is -0.456 e. The van der Waals surface area contributed by atoms with Gasteiger partial charge in [0.15, 0.2) is 0 Å². The number of fused-ring (bicyclic) bond motifs is 3. The van der Waals surface area contributed by atoms with Gasteiger partial charge >= 0.3 is 0 Å². The monoisotopic (exact) mass is 653 g/mol. The van der Waals surface area contributed by atoms with Crippen molar-refractivity contribution in [2.24, 2.45) is 0 Å². The van der Waals surface area contributed by atoms with E-state index in [-0.39, 0.29) is 11.5 Å². The molecular formula is C42H40NO2PS. The lowest BCUT2D eigenvalue weighted by Gasteiger charge is -2.38. The Balaban J connectivity index is 1.45. The first kappa shape index (κ1) is 31.5. The summed E-state index contributed by atoms with van der Waals surface area (Å²) in [5, 5.41) is 6.02. The van der Waals surface area contributed by atoms with E-state index in [0.29, 0.717) is 0 Å². The molecule has 0 saturated carbocycles. The maximum Gasteiger partial charge on any atom is 0.139 e. The summed E-state index contributed by atoms with van der Waals surface area (Å²) in [6.07, 6.45) is 0. The van der Waals surface area contributed by atoms with Gasteiger partial charge in [0.05, 0.1) is 21.8 Å². The van der Waals surface area contributed by atoms with Crippen LogP contribution in [0, 0.1) is 0 Å². The third kappa shape index (κ3) is 5.84. The molecule has 47 heavy (non-hydrogen) atoms. The van der Waals surface area contributed by atoms with Gasteiger partial charge < -0.3 is 4.74 Å². The molecule has 6 aromatic carbocycles. The number of nitrogens with one attached hydrogen (secondary N) is 1. The van der Waals surface area contributed by atoms with E-state index in [1.54, 1.807) is 0 Å². The van der Waals surface area contributed by atoms with Crippen molar-refractivity contribution >= 4 is 45.6 Å². The van der Waals surface area contributed by atoms with Gasteiger partial charge in [-0.2, -0.15) is 0 Å². The van der Waals surface area contributed by atoms with Crippen molar-refractivity contribution < 1.29 is 8.95 Å². The van der Waals surface area contributed by atoms with E-state index in [9.17, 15) is 4.21 Å². The maximum absolute atomic E-state index is 13.9. The fourth-order valence-corrected chi connectivity index (χ4v) is 9.82. The van der Waals surface area contributed by atoms with Crippen molar-refractivity contribution in [2.45, 2.75) is 50.8 Å². The van der Waals surface area contributed by atoms with E-state index in [1.807, 2.05) is 20.8 Å². The highest BCUT2D eigenvalue weighted by molar-refractivity contribution is 7.84. The topological polar surface area (TPSA) is 38.3 Å². The van der Waals surface area contributed by atoms with Crippen molar-refractivity contribution in [2.75, 3.05) is 0 Å². The summed E-state index contributed by atoms with van der Waals surface area (Å²) in [6.45, 7) is 10.6. The third-order valence-electron chi connectivity index (χ3n) is 9.09. The molecule has 0 aliphatic carbocycles. The number of benzene rings is 6. The van der Waals surface area contributed by atoms with Crippen LogP contribution in [0.2, 0.25) is 0 Å². The van der Waals surface area contributed by atoms with Gasteiger partial charge in [0.25, 0.3) is 0 Å². The summed E-state index contributed by atoms with van der Waals surface area (Å²) in [7, 11) is -2.24. The molecule has 1 aliphatic rings. The summed E-state index contributed by atoms with van der Waals surface area (Å²) in [4.78, 5) is 0. The molecule has 0 saturated heterocycles. The van der Waals surface area contributed by atoms with Crippen LogP contribution >= 0.6 is 7.92 Å². The highest BCUT2D eigenvalue weighted by Crippen LogP contribution is 2.53. The molecule has 1 heterocycles. The van der Waals surface area contributed by atoms with Crippen molar-refractivity contribution in [1.29, 1.82) is 0 Å². The standard InChI is InChI=1S/C42H40NO2PS/c1-41(2,3)47(44)43-38(33-24-14-18-29-17-12-13-23-32(29)33)34-25-15-26-35-39(34)45-40-36(42(35,4)5)27-16-28-37(40)46(30-19-8-6-9-20-30)31-21-10-7-11-22-31/h6-28,38,43H,1-5H3/t38-,47?/m0/s1. The van der Waals surface area contributed by atoms with Crippen LogP contribution in [-0.4, -0.2) is 8.96 Å². The minimum absolute atomic E-state index is 0.337. The second kappa shape index (κ2) is 12.5.